The lowest BCUT2D eigenvalue weighted by Crippen LogP contribution is -2.31. The zero-order chi connectivity index (χ0) is 28.6. The van der Waals surface area contributed by atoms with Gasteiger partial charge in [-0.1, -0.05) is 37.1 Å². The normalized spacial score (nSPS) is 11.0. The number of anilines is 2. The van der Waals surface area contributed by atoms with Crippen molar-refractivity contribution in [2.75, 3.05) is 36.7 Å². The lowest BCUT2D eigenvalue weighted by Gasteiger charge is -2.26. The molecule has 1 N–H and O–H groups in total. The summed E-state index contributed by atoms with van der Waals surface area (Å²) in [7, 11) is -1.02. The summed E-state index contributed by atoms with van der Waals surface area (Å²) in [6, 6.07) is 15.8. The van der Waals surface area contributed by atoms with Crippen molar-refractivity contribution in [2.24, 2.45) is 0 Å². The van der Waals surface area contributed by atoms with Crippen LogP contribution in [0, 0.1) is 0 Å². The summed E-state index contributed by atoms with van der Waals surface area (Å²) in [4.78, 5) is 25.7. The Morgan fingerprint density at radius 2 is 1.56 bits per heavy atom. The van der Waals surface area contributed by atoms with Gasteiger partial charge in [0, 0.05) is 16.8 Å². The van der Waals surface area contributed by atoms with Crippen LogP contribution in [0.15, 0.2) is 60.7 Å². The number of hydrogen-bond acceptors (Lipinski definition) is 7. The highest BCUT2D eigenvalue weighted by molar-refractivity contribution is 7.92. The van der Waals surface area contributed by atoms with Gasteiger partial charge in [-0.2, -0.15) is 0 Å². The first kappa shape index (κ1) is 29.8. The molecule has 11 heteroatoms. The van der Waals surface area contributed by atoms with E-state index in [-0.39, 0.29) is 29.3 Å². The number of amides is 1. The summed E-state index contributed by atoms with van der Waals surface area (Å²) < 4.78 is 43.0. The molecule has 0 heterocycles. The molecule has 3 rings (SSSR count). The molecule has 0 aromatic heterocycles. The number of unbranched alkanes of at least 4 members (excludes halogenated alkanes) is 1. The van der Waals surface area contributed by atoms with E-state index in [1.165, 1.54) is 26.4 Å². The fourth-order valence-electron chi connectivity index (χ4n) is 3.67. The molecule has 1 amide bonds. The molecule has 3 aromatic carbocycles. The fourth-order valence-corrected chi connectivity index (χ4v) is 4.69. The van der Waals surface area contributed by atoms with Crippen LogP contribution >= 0.6 is 11.6 Å². The van der Waals surface area contributed by atoms with Crippen molar-refractivity contribution in [1.82, 2.24) is 0 Å². The average molecular weight is 575 g/mol. The second-order valence-corrected chi connectivity index (χ2v) is 11.0. The van der Waals surface area contributed by atoms with E-state index in [0.29, 0.717) is 28.4 Å². The SMILES string of the molecule is CCCCOC(=O)c1ccc(NC(=O)c2cc(OC)c(OC)cc2N(Cc2ccc(Cl)cc2)S(C)(=O)=O)cc1. The predicted molar refractivity (Wildman–Crippen MR) is 152 cm³/mol. The number of sulfonamides is 1. The third kappa shape index (κ3) is 7.87. The second kappa shape index (κ2) is 13.3. The Labute approximate surface area is 233 Å². The number of esters is 1. The van der Waals surface area contributed by atoms with Crippen LogP contribution < -0.4 is 19.1 Å². The third-order valence-electron chi connectivity index (χ3n) is 5.76. The Morgan fingerprint density at radius 1 is 0.949 bits per heavy atom. The molecule has 0 aliphatic carbocycles. The van der Waals surface area contributed by atoms with Gasteiger partial charge in [-0.05, 0) is 54.4 Å². The Bertz CT molecular complexity index is 1410. The van der Waals surface area contributed by atoms with E-state index in [1.807, 2.05) is 6.92 Å². The zero-order valence-corrected chi connectivity index (χ0v) is 23.8. The van der Waals surface area contributed by atoms with Crippen molar-refractivity contribution < 1.29 is 32.2 Å². The molecule has 0 aliphatic rings. The molecule has 0 bridgehead atoms. The number of halogens is 1. The number of ether oxygens (including phenoxy) is 3. The van der Waals surface area contributed by atoms with Crippen LogP contribution in [0.5, 0.6) is 11.5 Å². The molecule has 3 aromatic rings. The number of carbonyl (C=O) groups excluding carboxylic acids is 2. The van der Waals surface area contributed by atoms with Crippen LogP contribution in [-0.2, 0) is 21.3 Å². The number of nitrogens with zero attached hydrogens (tertiary/aromatic N) is 1. The van der Waals surface area contributed by atoms with E-state index in [0.717, 1.165) is 23.4 Å². The van der Waals surface area contributed by atoms with Crippen LogP contribution in [0.25, 0.3) is 0 Å². The molecule has 0 saturated heterocycles. The molecule has 39 heavy (non-hydrogen) atoms. The fraction of sp³-hybridized carbons (Fsp3) is 0.286. The minimum atomic E-state index is -3.85. The summed E-state index contributed by atoms with van der Waals surface area (Å²) in [5.41, 5.74) is 1.54. The van der Waals surface area contributed by atoms with Crippen molar-refractivity contribution in [1.29, 1.82) is 0 Å². The van der Waals surface area contributed by atoms with E-state index in [4.69, 9.17) is 25.8 Å². The minimum Gasteiger partial charge on any atom is -0.493 e. The summed E-state index contributed by atoms with van der Waals surface area (Å²) in [6.45, 7) is 2.28. The molecule has 0 atom stereocenters. The van der Waals surface area contributed by atoms with Gasteiger partial charge in [-0.3, -0.25) is 9.10 Å². The van der Waals surface area contributed by atoms with E-state index in [2.05, 4.69) is 5.32 Å². The zero-order valence-electron chi connectivity index (χ0n) is 22.2. The number of hydrogen-bond donors (Lipinski definition) is 1. The number of carbonyl (C=O) groups is 2. The summed E-state index contributed by atoms with van der Waals surface area (Å²) in [5.74, 6) is -0.542. The number of rotatable bonds is 12. The maximum Gasteiger partial charge on any atom is 0.338 e. The number of methoxy groups -OCH3 is 2. The Kier molecular flexibility index (Phi) is 10.2. The number of benzene rings is 3. The molecule has 0 fully saturated rings. The monoisotopic (exact) mass is 574 g/mol. The quantitative estimate of drug-likeness (QED) is 0.223. The van der Waals surface area contributed by atoms with Crippen LogP contribution in [-0.4, -0.2) is 47.4 Å². The van der Waals surface area contributed by atoms with E-state index >= 15 is 0 Å². The van der Waals surface area contributed by atoms with Gasteiger partial charge in [0.05, 0.1) is 50.4 Å². The molecule has 0 radical (unpaired) electrons. The van der Waals surface area contributed by atoms with Gasteiger partial charge in [-0.15, -0.1) is 0 Å². The third-order valence-corrected chi connectivity index (χ3v) is 7.14. The molecule has 9 nitrogen and oxygen atoms in total. The standard InChI is InChI=1S/C28H31ClN2O7S/c1-5-6-15-38-28(33)20-9-13-22(14-10-20)30-27(32)23-16-25(36-2)26(37-3)17-24(23)31(39(4,34)35)18-19-7-11-21(29)12-8-19/h7-14,16-17H,5-6,15,18H2,1-4H3,(H,30,32). The topological polar surface area (TPSA) is 111 Å². The lowest BCUT2D eigenvalue weighted by molar-refractivity contribution is 0.0499. The van der Waals surface area contributed by atoms with Crippen LogP contribution in [0.1, 0.15) is 46.0 Å². The Balaban J connectivity index is 1.97. The molecule has 208 valence electrons. The van der Waals surface area contributed by atoms with Crippen molar-refractivity contribution in [2.45, 2.75) is 26.3 Å². The van der Waals surface area contributed by atoms with Gasteiger partial charge >= 0.3 is 5.97 Å². The Hall–Kier alpha value is -3.76. The molecular formula is C28H31ClN2O7S. The summed E-state index contributed by atoms with van der Waals surface area (Å²) >= 11 is 5.99. The van der Waals surface area contributed by atoms with Crippen molar-refractivity contribution in [3.05, 3.63) is 82.4 Å². The van der Waals surface area contributed by atoms with Crippen LogP contribution in [0.2, 0.25) is 5.02 Å². The highest BCUT2D eigenvalue weighted by Gasteiger charge is 2.27. The van der Waals surface area contributed by atoms with Crippen molar-refractivity contribution in [3.63, 3.8) is 0 Å². The molecule has 0 spiro atoms. The van der Waals surface area contributed by atoms with Gasteiger partial charge in [0.25, 0.3) is 5.91 Å². The van der Waals surface area contributed by atoms with Gasteiger partial charge < -0.3 is 19.5 Å². The van der Waals surface area contributed by atoms with Crippen LogP contribution in [0.4, 0.5) is 11.4 Å². The molecular weight excluding hydrogens is 544 g/mol. The van der Waals surface area contributed by atoms with Gasteiger partial charge in [0.15, 0.2) is 11.5 Å². The first-order valence-corrected chi connectivity index (χ1v) is 14.4. The van der Waals surface area contributed by atoms with E-state index in [1.54, 1.807) is 48.5 Å². The maximum absolute atomic E-state index is 13.5. The van der Waals surface area contributed by atoms with E-state index < -0.39 is 21.9 Å². The Morgan fingerprint density at radius 3 is 2.13 bits per heavy atom. The summed E-state index contributed by atoms with van der Waals surface area (Å²) in [6.07, 6.45) is 2.74. The second-order valence-electron chi connectivity index (χ2n) is 8.64. The van der Waals surface area contributed by atoms with Gasteiger partial charge in [-0.25, -0.2) is 13.2 Å². The van der Waals surface area contributed by atoms with Crippen molar-refractivity contribution >= 4 is 44.9 Å². The highest BCUT2D eigenvalue weighted by atomic mass is 35.5. The first-order chi connectivity index (χ1) is 18.6. The smallest absolute Gasteiger partial charge is 0.338 e. The van der Waals surface area contributed by atoms with Crippen molar-refractivity contribution in [3.8, 4) is 11.5 Å². The summed E-state index contributed by atoms with van der Waals surface area (Å²) in [5, 5.41) is 3.27. The first-order valence-electron chi connectivity index (χ1n) is 12.1. The lowest BCUT2D eigenvalue weighted by atomic mass is 10.1. The van der Waals surface area contributed by atoms with E-state index in [9.17, 15) is 18.0 Å². The number of nitrogens with one attached hydrogen (secondary N) is 1. The minimum absolute atomic E-state index is 0.0371. The molecule has 0 saturated carbocycles. The molecule has 0 aliphatic heterocycles. The van der Waals surface area contributed by atoms with Gasteiger partial charge in [0.1, 0.15) is 0 Å². The average Bonchev–Trinajstić information content (AvgIpc) is 2.91. The largest absolute Gasteiger partial charge is 0.493 e. The van der Waals surface area contributed by atoms with Crippen LogP contribution in [0.3, 0.4) is 0 Å². The predicted octanol–water partition coefficient (Wildman–Crippen LogP) is 5.53. The molecule has 0 unspecified atom stereocenters. The highest BCUT2D eigenvalue weighted by Crippen LogP contribution is 2.37. The van der Waals surface area contributed by atoms with Gasteiger partial charge in [0.2, 0.25) is 10.0 Å². The maximum atomic E-state index is 13.5.